The zero-order valence-electron chi connectivity index (χ0n) is 20.3. The molecule has 7 nitrogen and oxygen atoms in total. The molecule has 2 aromatic heterocycles. The molecule has 1 fully saturated rings. The van der Waals surface area contributed by atoms with Crippen LogP contribution < -0.4 is 9.64 Å². The van der Waals surface area contributed by atoms with Gasteiger partial charge < -0.3 is 19.4 Å². The van der Waals surface area contributed by atoms with E-state index in [4.69, 9.17) is 4.74 Å². The minimum Gasteiger partial charge on any atom is -0.496 e. The summed E-state index contributed by atoms with van der Waals surface area (Å²) in [5.41, 5.74) is 2.61. The van der Waals surface area contributed by atoms with E-state index >= 15 is 0 Å². The number of ether oxygens (including phenoxy) is 1. The van der Waals surface area contributed by atoms with Crippen molar-refractivity contribution in [2.75, 3.05) is 58.8 Å². The van der Waals surface area contributed by atoms with Crippen molar-refractivity contribution in [3.8, 4) is 17.0 Å². The highest BCUT2D eigenvalue weighted by Gasteiger charge is 2.44. The minimum atomic E-state index is -4.47. The number of fused-ring (bicyclic) bond motifs is 2. The number of nitrogens with zero attached hydrogens (tertiary/aromatic N) is 5. The van der Waals surface area contributed by atoms with E-state index in [9.17, 15) is 22.4 Å². The smallest absolute Gasteiger partial charge is 0.406 e. The first-order chi connectivity index (χ1) is 17.0. The van der Waals surface area contributed by atoms with E-state index < -0.39 is 24.3 Å². The molecule has 0 atom stereocenters. The highest BCUT2D eigenvalue weighted by molar-refractivity contribution is 6.00. The first-order valence-corrected chi connectivity index (χ1v) is 11.6. The number of alkyl halides is 4. The Balaban J connectivity index is 1.43. The molecule has 0 spiro atoms. The molecule has 5 rings (SSSR count). The van der Waals surface area contributed by atoms with Gasteiger partial charge in [-0.25, -0.2) is 9.37 Å². The van der Waals surface area contributed by atoms with E-state index in [1.54, 1.807) is 12.3 Å². The quantitative estimate of drug-likeness (QED) is 0.479. The molecule has 4 heterocycles. The summed E-state index contributed by atoms with van der Waals surface area (Å²) in [5.74, 6) is -0.459. The van der Waals surface area contributed by atoms with E-state index in [0.29, 0.717) is 30.8 Å². The normalized spacial score (nSPS) is 17.5. The molecule has 11 heteroatoms. The first kappa shape index (κ1) is 24.4. The average molecular weight is 506 g/mol. The fraction of sp³-hybridized carbons (Fsp3) is 0.440. The number of imidazole rings is 1. The van der Waals surface area contributed by atoms with Gasteiger partial charge in [-0.3, -0.25) is 9.20 Å². The van der Waals surface area contributed by atoms with E-state index in [-0.39, 0.29) is 24.3 Å². The maximum atomic E-state index is 14.8. The molecular formula is C25H27F4N5O2. The molecule has 1 aromatic carbocycles. The Bertz CT molecular complexity index is 1300. The van der Waals surface area contributed by atoms with Crippen molar-refractivity contribution in [3.63, 3.8) is 0 Å². The highest BCUT2D eigenvalue weighted by atomic mass is 19.4. The molecule has 0 bridgehead atoms. The standard InChI is InChI=1S/C25H27F4N5O2/c1-31(2)12-24(26)13-33(14-24)18-5-7-34-19(11-30-21(34)10-18)17-8-16-4-6-32(15-25(27,28)29)23(35)22(16)20(9-17)36-3/h5,7-11H,4,6,12-15H2,1-3H3. The Morgan fingerprint density at radius 2 is 1.94 bits per heavy atom. The van der Waals surface area contributed by atoms with E-state index in [1.165, 1.54) is 7.11 Å². The lowest BCUT2D eigenvalue weighted by molar-refractivity contribution is -0.141. The predicted octanol–water partition coefficient (Wildman–Crippen LogP) is 3.66. The van der Waals surface area contributed by atoms with Gasteiger partial charge in [-0.15, -0.1) is 0 Å². The van der Waals surface area contributed by atoms with Crippen molar-refractivity contribution >= 4 is 17.2 Å². The number of benzene rings is 1. The number of carbonyl (C=O) groups is 1. The van der Waals surface area contributed by atoms with Crippen LogP contribution in [0.1, 0.15) is 15.9 Å². The summed E-state index contributed by atoms with van der Waals surface area (Å²) in [4.78, 5) is 21.9. The number of pyridine rings is 1. The minimum absolute atomic E-state index is 0.0197. The van der Waals surface area contributed by atoms with Gasteiger partial charge in [0.15, 0.2) is 5.67 Å². The number of carbonyl (C=O) groups excluding carboxylic acids is 1. The number of hydrogen-bond acceptors (Lipinski definition) is 5. The lowest BCUT2D eigenvalue weighted by atomic mass is 9.94. The summed E-state index contributed by atoms with van der Waals surface area (Å²) in [7, 11) is 5.10. The molecule has 192 valence electrons. The Hall–Kier alpha value is -3.34. The number of aromatic nitrogens is 2. The summed E-state index contributed by atoms with van der Waals surface area (Å²) in [6, 6.07) is 7.26. The van der Waals surface area contributed by atoms with Gasteiger partial charge in [-0.05, 0) is 44.3 Å². The second-order valence-electron chi connectivity index (χ2n) is 9.81. The number of halogens is 4. The molecule has 0 saturated carbocycles. The maximum Gasteiger partial charge on any atom is 0.406 e. The molecule has 36 heavy (non-hydrogen) atoms. The monoisotopic (exact) mass is 505 g/mol. The van der Waals surface area contributed by atoms with Crippen LogP contribution in [0.3, 0.4) is 0 Å². The maximum absolute atomic E-state index is 14.8. The summed E-state index contributed by atoms with van der Waals surface area (Å²) >= 11 is 0. The van der Waals surface area contributed by atoms with Crippen LogP contribution in [-0.2, 0) is 6.42 Å². The Kier molecular flexibility index (Phi) is 5.85. The van der Waals surface area contributed by atoms with Crippen LogP contribution >= 0.6 is 0 Å². The molecule has 2 aliphatic heterocycles. The van der Waals surface area contributed by atoms with Crippen molar-refractivity contribution < 1.29 is 27.1 Å². The van der Waals surface area contributed by atoms with Gasteiger partial charge in [-0.2, -0.15) is 13.2 Å². The molecule has 0 radical (unpaired) electrons. The summed E-state index contributed by atoms with van der Waals surface area (Å²) in [6.07, 6.45) is -0.624. The average Bonchev–Trinajstić information content (AvgIpc) is 3.20. The largest absolute Gasteiger partial charge is 0.496 e. The summed E-state index contributed by atoms with van der Waals surface area (Å²) < 4.78 is 60.8. The van der Waals surface area contributed by atoms with Gasteiger partial charge in [0.25, 0.3) is 5.91 Å². The number of anilines is 1. The van der Waals surface area contributed by atoms with Crippen molar-refractivity contribution in [1.29, 1.82) is 0 Å². The number of amides is 1. The second kappa shape index (κ2) is 8.65. The summed E-state index contributed by atoms with van der Waals surface area (Å²) in [6.45, 7) is -0.307. The fourth-order valence-corrected chi connectivity index (χ4v) is 5.17. The second-order valence-corrected chi connectivity index (χ2v) is 9.81. The molecule has 0 unspecified atom stereocenters. The van der Waals surface area contributed by atoms with Gasteiger partial charge in [0.1, 0.15) is 17.9 Å². The third-order valence-electron chi connectivity index (χ3n) is 6.63. The van der Waals surface area contributed by atoms with Crippen LogP contribution in [0.15, 0.2) is 36.7 Å². The van der Waals surface area contributed by atoms with E-state index in [1.807, 2.05) is 52.7 Å². The van der Waals surface area contributed by atoms with Crippen LogP contribution in [0.2, 0.25) is 0 Å². The van der Waals surface area contributed by atoms with Crippen molar-refractivity contribution in [2.24, 2.45) is 0 Å². The van der Waals surface area contributed by atoms with Crippen LogP contribution in [-0.4, -0.2) is 90.9 Å². The van der Waals surface area contributed by atoms with Crippen molar-refractivity contribution in [1.82, 2.24) is 19.2 Å². The van der Waals surface area contributed by atoms with Gasteiger partial charge in [0.2, 0.25) is 0 Å². The zero-order valence-corrected chi connectivity index (χ0v) is 20.3. The highest BCUT2D eigenvalue weighted by Crippen LogP contribution is 2.36. The molecular weight excluding hydrogens is 478 g/mol. The van der Waals surface area contributed by atoms with Gasteiger partial charge >= 0.3 is 6.18 Å². The van der Waals surface area contributed by atoms with Crippen molar-refractivity contribution in [3.05, 3.63) is 47.8 Å². The lowest BCUT2D eigenvalue weighted by Crippen LogP contribution is -2.63. The Labute approximate surface area is 205 Å². The molecule has 3 aromatic rings. The number of hydrogen-bond donors (Lipinski definition) is 0. The van der Waals surface area contributed by atoms with E-state index in [2.05, 4.69) is 4.98 Å². The fourth-order valence-electron chi connectivity index (χ4n) is 5.17. The SMILES string of the molecule is COc1cc(-c2cnc3cc(N4CC(F)(CN(C)C)C4)ccn23)cc2c1C(=O)N(CC(F)(F)F)CC2. The van der Waals surface area contributed by atoms with Gasteiger partial charge in [-0.1, -0.05) is 0 Å². The topological polar surface area (TPSA) is 53.3 Å². The predicted molar refractivity (Wildman–Crippen MR) is 127 cm³/mol. The van der Waals surface area contributed by atoms with Crippen LogP contribution in [0.5, 0.6) is 5.75 Å². The summed E-state index contributed by atoms with van der Waals surface area (Å²) in [5, 5.41) is 0. The number of methoxy groups -OCH3 is 1. The third kappa shape index (κ3) is 4.47. The molecule has 2 aliphatic rings. The Morgan fingerprint density at radius 1 is 1.19 bits per heavy atom. The molecule has 1 saturated heterocycles. The van der Waals surface area contributed by atoms with Gasteiger partial charge in [0.05, 0.1) is 37.7 Å². The third-order valence-corrected chi connectivity index (χ3v) is 6.63. The van der Waals surface area contributed by atoms with Crippen LogP contribution in [0.4, 0.5) is 23.2 Å². The van der Waals surface area contributed by atoms with Crippen LogP contribution in [0.25, 0.3) is 16.9 Å². The lowest BCUT2D eigenvalue weighted by Gasteiger charge is -2.47. The Morgan fingerprint density at radius 3 is 2.61 bits per heavy atom. The molecule has 0 aliphatic carbocycles. The zero-order chi connectivity index (χ0) is 25.8. The first-order valence-electron chi connectivity index (χ1n) is 11.6. The molecule has 1 amide bonds. The van der Waals surface area contributed by atoms with Crippen molar-refractivity contribution in [2.45, 2.75) is 18.3 Å². The molecule has 0 N–H and O–H groups in total. The number of rotatable bonds is 6. The van der Waals surface area contributed by atoms with Crippen LogP contribution in [0, 0.1) is 0 Å². The van der Waals surface area contributed by atoms with Gasteiger partial charge in [0, 0.05) is 36.6 Å². The van der Waals surface area contributed by atoms with E-state index in [0.717, 1.165) is 21.8 Å².